The smallest absolute Gasteiger partial charge is 0.360 e. The summed E-state index contributed by atoms with van der Waals surface area (Å²) >= 11 is 12.6. The molecule has 1 rings (SSSR count). The highest BCUT2D eigenvalue weighted by Gasteiger charge is 2.51. The van der Waals surface area contributed by atoms with Gasteiger partial charge >= 0.3 is 8.56 Å². The highest BCUT2D eigenvalue weighted by atomic mass is 35.5. The van der Waals surface area contributed by atoms with E-state index < -0.39 is 13.1 Å². The molecule has 0 amide bonds. The Kier molecular flexibility index (Phi) is 6.34. The predicted octanol–water partition coefficient (Wildman–Crippen LogP) is 4.56. The predicted molar refractivity (Wildman–Crippen MR) is 84.1 cm³/mol. The van der Waals surface area contributed by atoms with Crippen molar-refractivity contribution in [2.24, 2.45) is 0 Å². The minimum atomic E-state index is -2.51. The van der Waals surface area contributed by atoms with Crippen LogP contribution in [-0.2, 0) is 19.2 Å². The Hall–Kier alpha value is -0.0631. The summed E-state index contributed by atoms with van der Waals surface area (Å²) in [7, 11) is -2.51. The SMILES string of the molecule is CCO[Si](C)(OCC)C(C)(Cl)c1ccc(CCl)cc1. The van der Waals surface area contributed by atoms with Crippen molar-refractivity contribution in [3.05, 3.63) is 35.4 Å². The second kappa shape index (κ2) is 7.09. The lowest BCUT2D eigenvalue weighted by Crippen LogP contribution is -2.54. The Bertz CT molecular complexity index is 387. The second-order valence-electron chi connectivity index (χ2n) is 4.65. The van der Waals surface area contributed by atoms with E-state index in [1.54, 1.807) is 0 Å². The summed E-state index contributed by atoms with van der Waals surface area (Å²) in [4.78, 5) is 0. The first kappa shape index (κ1) is 17.0. The average Bonchev–Trinajstić information content (AvgIpc) is 2.39. The van der Waals surface area contributed by atoms with Gasteiger partial charge in [-0.1, -0.05) is 24.3 Å². The van der Waals surface area contributed by atoms with Crippen LogP contribution in [0.5, 0.6) is 0 Å². The van der Waals surface area contributed by atoms with Crippen LogP contribution in [0.25, 0.3) is 0 Å². The minimum Gasteiger partial charge on any atom is -0.393 e. The van der Waals surface area contributed by atoms with Crippen LogP contribution in [0, 0.1) is 0 Å². The van der Waals surface area contributed by atoms with E-state index in [4.69, 9.17) is 32.1 Å². The summed E-state index contributed by atoms with van der Waals surface area (Å²) in [5, 5.41) is 0. The van der Waals surface area contributed by atoms with Crippen molar-refractivity contribution in [3.63, 3.8) is 0 Å². The summed E-state index contributed by atoms with van der Waals surface area (Å²) in [5.74, 6) is 0.505. The molecule has 0 fully saturated rings. The third-order valence-corrected chi connectivity index (χ3v) is 8.57. The molecule has 0 N–H and O–H groups in total. The molecular weight excluding hydrogens is 299 g/mol. The van der Waals surface area contributed by atoms with Gasteiger partial charge in [-0.05, 0) is 38.4 Å². The Labute approximate surface area is 127 Å². The van der Waals surface area contributed by atoms with Crippen molar-refractivity contribution >= 4 is 31.8 Å². The Morgan fingerprint density at radius 3 is 1.95 bits per heavy atom. The average molecular weight is 321 g/mol. The van der Waals surface area contributed by atoms with Crippen molar-refractivity contribution in [3.8, 4) is 0 Å². The van der Waals surface area contributed by atoms with Crippen LogP contribution in [0.1, 0.15) is 31.9 Å². The first-order valence-electron chi connectivity index (χ1n) is 6.53. The number of hydrogen-bond acceptors (Lipinski definition) is 2. The fraction of sp³-hybridized carbons (Fsp3) is 0.571. The van der Waals surface area contributed by atoms with E-state index in [-0.39, 0.29) is 0 Å². The van der Waals surface area contributed by atoms with Crippen LogP contribution in [0.2, 0.25) is 6.55 Å². The molecule has 1 aromatic rings. The lowest BCUT2D eigenvalue weighted by molar-refractivity contribution is 0.176. The van der Waals surface area contributed by atoms with Gasteiger partial charge in [0.05, 0.1) is 0 Å². The quantitative estimate of drug-likeness (QED) is 0.541. The van der Waals surface area contributed by atoms with E-state index in [1.807, 2.05) is 51.6 Å². The zero-order valence-electron chi connectivity index (χ0n) is 12.0. The maximum atomic E-state index is 6.80. The molecule has 0 aliphatic carbocycles. The fourth-order valence-corrected chi connectivity index (χ4v) is 5.08. The summed E-state index contributed by atoms with van der Waals surface area (Å²) in [6.07, 6.45) is 0. The van der Waals surface area contributed by atoms with Crippen molar-refractivity contribution in [1.29, 1.82) is 0 Å². The summed E-state index contributed by atoms with van der Waals surface area (Å²) in [6.45, 7) is 9.13. The lowest BCUT2D eigenvalue weighted by Gasteiger charge is -2.38. The molecule has 0 bridgehead atoms. The molecule has 0 saturated carbocycles. The van der Waals surface area contributed by atoms with E-state index in [0.29, 0.717) is 19.1 Å². The maximum absolute atomic E-state index is 6.80. The summed E-state index contributed by atoms with van der Waals surface area (Å²) < 4.78 is 11.2. The first-order valence-corrected chi connectivity index (χ1v) is 9.76. The summed E-state index contributed by atoms with van der Waals surface area (Å²) in [5.41, 5.74) is 2.09. The molecule has 19 heavy (non-hydrogen) atoms. The minimum absolute atomic E-state index is 0.505. The van der Waals surface area contributed by atoms with Gasteiger partial charge in [0.2, 0.25) is 0 Å². The van der Waals surface area contributed by atoms with Gasteiger partial charge in [0.15, 0.2) is 0 Å². The third-order valence-electron chi connectivity index (χ3n) is 3.34. The number of rotatable bonds is 7. The number of halogens is 2. The Morgan fingerprint density at radius 1 is 1.11 bits per heavy atom. The molecule has 1 unspecified atom stereocenters. The highest BCUT2D eigenvalue weighted by molar-refractivity contribution is 6.77. The van der Waals surface area contributed by atoms with Gasteiger partial charge in [-0.3, -0.25) is 0 Å². The molecule has 0 radical (unpaired) electrons. The van der Waals surface area contributed by atoms with Crippen LogP contribution < -0.4 is 0 Å². The fourth-order valence-electron chi connectivity index (χ4n) is 2.03. The molecule has 5 heteroatoms. The molecule has 108 valence electrons. The molecule has 2 nitrogen and oxygen atoms in total. The van der Waals surface area contributed by atoms with Crippen LogP contribution in [0.3, 0.4) is 0 Å². The van der Waals surface area contributed by atoms with Crippen molar-refractivity contribution in [1.82, 2.24) is 0 Å². The Morgan fingerprint density at radius 2 is 1.58 bits per heavy atom. The molecule has 0 aromatic heterocycles. The van der Waals surface area contributed by atoms with Crippen LogP contribution in [0.4, 0.5) is 0 Å². The maximum Gasteiger partial charge on any atom is 0.360 e. The number of benzene rings is 1. The van der Waals surface area contributed by atoms with Gasteiger partial charge in [-0.2, -0.15) is 0 Å². The van der Waals surface area contributed by atoms with Gasteiger partial charge in [0.1, 0.15) is 4.50 Å². The van der Waals surface area contributed by atoms with Gasteiger partial charge in [-0.25, -0.2) is 0 Å². The topological polar surface area (TPSA) is 18.5 Å². The standard InChI is InChI=1S/C14H22Cl2O2Si/c1-5-17-19(4,18-6-2)14(3,16)13-9-7-12(11-15)8-10-13/h7-10H,5-6,11H2,1-4H3. The second-order valence-corrected chi connectivity index (χ2v) is 9.45. The lowest BCUT2D eigenvalue weighted by atomic mass is 10.1. The van der Waals surface area contributed by atoms with Gasteiger partial charge in [0.25, 0.3) is 0 Å². The van der Waals surface area contributed by atoms with Crippen LogP contribution in [0.15, 0.2) is 24.3 Å². The largest absolute Gasteiger partial charge is 0.393 e. The highest BCUT2D eigenvalue weighted by Crippen LogP contribution is 2.39. The van der Waals surface area contributed by atoms with Crippen LogP contribution >= 0.6 is 23.2 Å². The van der Waals surface area contributed by atoms with Crippen LogP contribution in [-0.4, -0.2) is 21.8 Å². The normalized spacial score (nSPS) is 15.3. The van der Waals surface area contributed by atoms with Crippen molar-refractivity contribution in [2.45, 2.75) is 37.7 Å². The molecular formula is C14H22Cl2O2Si. The van der Waals surface area contributed by atoms with Crippen molar-refractivity contribution < 1.29 is 8.85 Å². The molecule has 0 aliphatic rings. The van der Waals surface area contributed by atoms with Gasteiger partial charge < -0.3 is 8.85 Å². The zero-order chi connectivity index (χ0) is 14.5. The molecule has 0 saturated heterocycles. The van der Waals surface area contributed by atoms with E-state index in [1.165, 1.54) is 0 Å². The van der Waals surface area contributed by atoms with Gasteiger partial charge in [-0.15, -0.1) is 23.2 Å². The van der Waals surface area contributed by atoms with Crippen molar-refractivity contribution in [2.75, 3.05) is 13.2 Å². The van der Waals surface area contributed by atoms with E-state index in [2.05, 4.69) is 0 Å². The first-order chi connectivity index (χ1) is 8.91. The molecule has 0 spiro atoms. The van der Waals surface area contributed by atoms with E-state index >= 15 is 0 Å². The monoisotopic (exact) mass is 320 g/mol. The number of hydrogen-bond donors (Lipinski definition) is 0. The molecule has 0 aliphatic heterocycles. The van der Waals surface area contributed by atoms with E-state index in [0.717, 1.165) is 11.1 Å². The third kappa shape index (κ3) is 3.73. The summed E-state index contributed by atoms with van der Waals surface area (Å²) in [6, 6.07) is 8.01. The van der Waals surface area contributed by atoms with Gasteiger partial charge in [0, 0.05) is 19.1 Å². The molecule has 0 heterocycles. The Balaban J connectivity index is 3.09. The van der Waals surface area contributed by atoms with E-state index in [9.17, 15) is 0 Å². The zero-order valence-corrected chi connectivity index (χ0v) is 14.5. The number of alkyl halides is 2. The molecule has 1 aromatic carbocycles. The molecule has 1 atom stereocenters.